The quantitative estimate of drug-likeness (QED) is 0.556. The predicted molar refractivity (Wildman–Crippen MR) is 90.5 cm³/mol. The molecule has 0 bridgehead atoms. The molecule has 0 atom stereocenters. The lowest BCUT2D eigenvalue weighted by atomic mass is 10.1. The van der Waals surface area contributed by atoms with Crippen molar-refractivity contribution in [2.75, 3.05) is 32.1 Å². The minimum Gasteiger partial charge on any atom is -0.466 e. The van der Waals surface area contributed by atoms with Gasteiger partial charge in [0, 0.05) is 16.6 Å². The lowest BCUT2D eigenvalue weighted by Gasteiger charge is -2.16. The van der Waals surface area contributed by atoms with Gasteiger partial charge in [0.05, 0.1) is 31.5 Å². The van der Waals surface area contributed by atoms with Crippen molar-refractivity contribution in [2.24, 2.45) is 0 Å². The summed E-state index contributed by atoms with van der Waals surface area (Å²) >= 11 is 3.34. The van der Waals surface area contributed by atoms with E-state index in [0.717, 1.165) is 0 Å². The number of methoxy groups -OCH3 is 1. The van der Waals surface area contributed by atoms with E-state index in [1.165, 1.54) is 18.9 Å². The zero-order chi connectivity index (χ0) is 17.9. The van der Waals surface area contributed by atoms with Crippen molar-refractivity contribution in [3.05, 3.63) is 39.5 Å². The van der Waals surface area contributed by atoms with Crippen LogP contribution in [0.2, 0.25) is 0 Å². The Hall–Kier alpha value is -2.19. The molecule has 128 valence electrons. The molecule has 2 N–H and O–H groups in total. The van der Waals surface area contributed by atoms with Crippen molar-refractivity contribution in [1.29, 1.82) is 0 Å². The molecule has 1 aliphatic rings. The van der Waals surface area contributed by atoms with Crippen LogP contribution < -0.4 is 5.32 Å². The molecule has 24 heavy (non-hydrogen) atoms. The zero-order valence-electron chi connectivity index (χ0n) is 13.3. The summed E-state index contributed by atoms with van der Waals surface area (Å²) in [5.74, 6) is -1.26. The van der Waals surface area contributed by atoms with Crippen LogP contribution in [0, 0.1) is 0 Å². The number of halogens is 1. The molecule has 0 unspecified atom stereocenters. The third-order valence-corrected chi connectivity index (χ3v) is 4.26. The van der Waals surface area contributed by atoms with E-state index in [1.54, 1.807) is 18.2 Å². The number of ketones is 1. The molecule has 1 heterocycles. The maximum atomic E-state index is 12.5. The predicted octanol–water partition coefficient (Wildman–Crippen LogP) is 1.33. The number of nitrogens with zero attached hydrogens (tertiary/aromatic N) is 1. The number of benzene rings is 1. The van der Waals surface area contributed by atoms with Gasteiger partial charge in [0.25, 0.3) is 5.91 Å². The van der Waals surface area contributed by atoms with Crippen LogP contribution in [0.1, 0.15) is 17.3 Å². The summed E-state index contributed by atoms with van der Waals surface area (Å²) < 4.78 is 5.31. The first-order valence-electron chi connectivity index (χ1n) is 7.18. The number of amides is 1. The Morgan fingerprint density at radius 3 is 2.71 bits per heavy atom. The van der Waals surface area contributed by atoms with Crippen molar-refractivity contribution in [2.45, 2.75) is 6.92 Å². The van der Waals surface area contributed by atoms with E-state index < -0.39 is 11.9 Å². The second-order valence-corrected chi connectivity index (χ2v) is 5.99. The fraction of sp³-hybridized carbons (Fsp3) is 0.312. The maximum Gasteiger partial charge on any atom is 0.337 e. The number of para-hydroxylation sites is 1. The molecule has 0 aromatic heterocycles. The van der Waals surface area contributed by atoms with Crippen molar-refractivity contribution in [3.8, 4) is 0 Å². The van der Waals surface area contributed by atoms with Crippen LogP contribution in [0.3, 0.4) is 0 Å². The molecular weight excluding hydrogens is 380 g/mol. The lowest BCUT2D eigenvalue weighted by molar-refractivity contribution is -0.136. The minimum absolute atomic E-state index is 0.0360. The Bertz CT molecular complexity index is 729. The number of ether oxygens (including phenoxy) is 1. The number of aliphatic hydroxyl groups excluding tert-OH is 1. The number of Topliss-reactive ketones (excluding diaryl/α,β-unsaturated/α-hetero) is 1. The number of esters is 1. The molecule has 0 spiro atoms. The molecule has 7 nitrogen and oxygen atoms in total. The average molecular weight is 397 g/mol. The number of aliphatic hydroxyl groups is 1. The Labute approximate surface area is 147 Å². The third-order valence-electron chi connectivity index (χ3n) is 3.60. The molecule has 0 saturated heterocycles. The normalized spacial score (nSPS) is 14.2. The second-order valence-electron chi connectivity index (χ2n) is 5.14. The molecule has 0 saturated carbocycles. The Morgan fingerprint density at radius 2 is 2.12 bits per heavy atom. The fourth-order valence-electron chi connectivity index (χ4n) is 2.42. The number of carbonyl (C=O) groups is 3. The van der Waals surface area contributed by atoms with Crippen molar-refractivity contribution in [1.82, 2.24) is 4.90 Å². The van der Waals surface area contributed by atoms with E-state index in [2.05, 4.69) is 21.2 Å². The molecule has 0 radical (unpaired) electrons. The lowest BCUT2D eigenvalue weighted by Crippen LogP contribution is -2.31. The highest BCUT2D eigenvalue weighted by Gasteiger charge is 2.35. The van der Waals surface area contributed by atoms with Crippen LogP contribution in [0.25, 0.3) is 0 Å². The molecule has 1 aromatic carbocycles. The number of rotatable bonds is 6. The van der Waals surface area contributed by atoms with E-state index in [4.69, 9.17) is 9.84 Å². The van der Waals surface area contributed by atoms with E-state index in [-0.39, 0.29) is 36.7 Å². The molecular formula is C16H17BrN2O5. The topological polar surface area (TPSA) is 95.9 Å². The van der Waals surface area contributed by atoms with Gasteiger partial charge in [0.15, 0.2) is 5.78 Å². The minimum atomic E-state index is -0.636. The Balaban J connectivity index is 2.47. The number of nitrogens with one attached hydrogen (secondary N) is 1. The standard InChI is InChI=1S/C16H17BrN2O5/c1-9(21)10-4-3-5-12(17)13(10)18-14-11(16(23)24-2)8-19(6-7-20)15(14)22/h3-5,18,20H,6-8H2,1-2H3. The highest BCUT2D eigenvalue weighted by molar-refractivity contribution is 9.10. The third kappa shape index (κ3) is 3.49. The molecule has 0 aliphatic carbocycles. The first-order chi connectivity index (χ1) is 11.4. The molecule has 1 aliphatic heterocycles. The van der Waals surface area contributed by atoms with E-state index in [1.807, 2.05) is 0 Å². The van der Waals surface area contributed by atoms with Gasteiger partial charge in [0.2, 0.25) is 0 Å². The van der Waals surface area contributed by atoms with Gasteiger partial charge < -0.3 is 20.1 Å². The summed E-state index contributed by atoms with van der Waals surface area (Å²) in [6.07, 6.45) is 0. The van der Waals surface area contributed by atoms with E-state index >= 15 is 0 Å². The zero-order valence-corrected chi connectivity index (χ0v) is 14.8. The molecule has 2 rings (SSSR count). The van der Waals surface area contributed by atoms with Gasteiger partial charge in [-0.2, -0.15) is 0 Å². The van der Waals surface area contributed by atoms with Gasteiger partial charge >= 0.3 is 5.97 Å². The number of anilines is 1. The highest BCUT2D eigenvalue weighted by Crippen LogP contribution is 2.31. The Kier molecular flexibility index (Phi) is 5.74. The molecule has 1 aromatic rings. The molecule has 8 heteroatoms. The van der Waals surface area contributed by atoms with Gasteiger partial charge in [0.1, 0.15) is 5.70 Å². The van der Waals surface area contributed by atoms with Crippen LogP contribution >= 0.6 is 15.9 Å². The number of β-amino-alcohol motifs (C(OH)–C–C–N with tert-alkyl or cyclic N) is 1. The number of hydrogen-bond donors (Lipinski definition) is 2. The monoisotopic (exact) mass is 396 g/mol. The first-order valence-corrected chi connectivity index (χ1v) is 7.98. The SMILES string of the molecule is COC(=O)C1=C(Nc2c(Br)cccc2C(C)=O)C(=O)N(CCO)C1. The van der Waals surface area contributed by atoms with Crippen molar-refractivity contribution < 1.29 is 24.2 Å². The van der Waals surface area contributed by atoms with Gasteiger partial charge in [-0.3, -0.25) is 9.59 Å². The van der Waals surface area contributed by atoms with Crippen LogP contribution in [-0.4, -0.2) is 54.5 Å². The second kappa shape index (κ2) is 7.59. The summed E-state index contributed by atoms with van der Waals surface area (Å²) in [5.41, 5.74) is 0.987. The summed E-state index contributed by atoms with van der Waals surface area (Å²) in [5, 5.41) is 12.0. The van der Waals surface area contributed by atoms with E-state index in [9.17, 15) is 14.4 Å². The van der Waals surface area contributed by atoms with Crippen molar-refractivity contribution in [3.63, 3.8) is 0 Å². The maximum absolute atomic E-state index is 12.5. The molecule has 0 fully saturated rings. The largest absolute Gasteiger partial charge is 0.466 e. The van der Waals surface area contributed by atoms with E-state index in [0.29, 0.717) is 15.7 Å². The summed E-state index contributed by atoms with van der Waals surface area (Å²) in [7, 11) is 1.23. The first kappa shape index (κ1) is 18.2. The van der Waals surface area contributed by atoms with Crippen LogP contribution in [0.15, 0.2) is 33.9 Å². The number of hydrogen-bond acceptors (Lipinski definition) is 6. The van der Waals surface area contributed by atoms with Crippen LogP contribution in [0.5, 0.6) is 0 Å². The fourth-order valence-corrected chi connectivity index (χ4v) is 2.88. The smallest absolute Gasteiger partial charge is 0.337 e. The van der Waals surface area contributed by atoms with Gasteiger partial charge in [-0.05, 0) is 35.0 Å². The Morgan fingerprint density at radius 1 is 1.42 bits per heavy atom. The highest BCUT2D eigenvalue weighted by atomic mass is 79.9. The number of carbonyl (C=O) groups excluding carboxylic acids is 3. The summed E-state index contributed by atoms with van der Waals surface area (Å²) in [6, 6.07) is 5.05. The summed E-state index contributed by atoms with van der Waals surface area (Å²) in [4.78, 5) is 37.6. The summed E-state index contributed by atoms with van der Waals surface area (Å²) in [6.45, 7) is 1.33. The van der Waals surface area contributed by atoms with Gasteiger partial charge in [-0.15, -0.1) is 0 Å². The molecule has 1 amide bonds. The van der Waals surface area contributed by atoms with Crippen LogP contribution in [-0.2, 0) is 14.3 Å². The van der Waals surface area contributed by atoms with Crippen molar-refractivity contribution >= 4 is 39.3 Å². The average Bonchev–Trinajstić information content (AvgIpc) is 2.85. The van der Waals surface area contributed by atoms with Crippen LogP contribution in [0.4, 0.5) is 5.69 Å². The van der Waals surface area contributed by atoms with Gasteiger partial charge in [-0.1, -0.05) is 6.07 Å². The van der Waals surface area contributed by atoms with Gasteiger partial charge in [-0.25, -0.2) is 4.79 Å².